The van der Waals surface area contributed by atoms with E-state index < -0.39 is 0 Å². The molecule has 0 bridgehead atoms. The molecule has 4 heteroatoms. The van der Waals surface area contributed by atoms with E-state index in [1.165, 1.54) is 12.1 Å². The quantitative estimate of drug-likeness (QED) is 0.833. The summed E-state index contributed by atoms with van der Waals surface area (Å²) in [5, 5.41) is 9.20. The largest absolute Gasteiger partial charge is 0.395 e. The molecule has 78 valence electrons. The molecule has 0 aromatic heterocycles. The molecule has 0 radical (unpaired) electrons. The van der Waals surface area contributed by atoms with Gasteiger partial charge in [-0.25, -0.2) is 4.39 Å². The predicted molar refractivity (Wildman–Crippen MR) is 54.8 cm³/mol. The predicted octanol–water partition coefficient (Wildman–Crippen LogP) is 1.90. The Labute approximate surface area is 87.9 Å². The summed E-state index contributed by atoms with van der Waals surface area (Å²) >= 11 is 5.74. The Kier molecular flexibility index (Phi) is 4.32. The topological polar surface area (TPSA) is 23.5 Å². The Bertz CT molecular complexity index is 306. The van der Waals surface area contributed by atoms with Crippen LogP contribution in [0.4, 0.5) is 4.39 Å². The van der Waals surface area contributed by atoms with Crippen LogP contribution in [0.1, 0.15) is 5.56 Å². The second kappa shape index (κ2) is 5.29. The molecule has 0 atom stereocenters. The van der Waals surface area contributed by atoms with E-state index in [9.17, 15) is 4.39 Å². The highest BCUT2D eigenvalue weighted by molar-refractivity contribution is 6.30. The molecule has 1 aromatic rings. The molecular weight excluding hydrogens is 205 g/mol. The fourth-order valence-corrected chi connectivity index (χ4v) is 1.40. The minimum atomic E-state index is -0.265. The third-order valence-electron chi connectivity index (χ3n) is 1.93. The highest BCUT2D eigenvalue weighted by atomic mass is 35.5. The molecule has 0 saturated heterocycles. The first-order valence-electron chi connectivity index (χ1n) is 4.37. The molecule has 0 spiro atoms. The lowest BCUT2D eigenvalue weighted by Crippen LogP contribution is -2.22. The van der Waals surface area contributed by atoms with Crippen LogP contribution in [-0.2, 0) is 6.54 Å². The van der Waals surface area contributed by atoms with Crippen molar-refractivity contribution in [2.75, 3.05) is 20.2 Å². The van der Waals surface area contributed by atoms with Gasteiger partial charge >= 0.3 is 0 Å². The molecule has 0 unspecified atom stereocenters. The van der Waals surface area contributed by atoms with Crippen LogP contribution in [0.15, 0.2) is 18.2 Å². The maximum Gasteiger partial charge on any atom is 0.127 e. The zero-order valence-corrected chi connectivity index (χ0v) is 8.76. The van der Waals surface area contributed by atoms with E-state index >= 15 is 0 Å². The van der Waals surface area contributed by atoms with Crippen LogP contribution in [0.25, 0.3) is 0 Å². The molecular formula is C10H13ClFNO. The maximum absolute atomic E-state index is 13.2. The lowest BCUT2D eigenvalue weighted by atomic mass is 10.2. The number of halogens is 2. The lowest BCUT2D eigenvalue weighted by Gasteiger charge is -2.15. The van der Waals surface area contributed by atoms with Crippen molar-refractivity contribution in [1.82, 2.24) is 4.90 Å². The summed E-state index contributed by atoms with van der Waals surface area (Å²) in [6.07, 6.45) is 0. The smallest absolute Gasteiger partial charge is 0.127 e. The van der Waals surface area contributed by atoms with Gasteiger partial charge in [-0.3, -0.25) is 4.90 Å². The summed E-state index contributed by atoms with van der Waals surface area (Å²) in [4.78, 5) is 1.83. The Morgan fingerprint density at radius 3 is 2.86 bits per heavy atom. The molecule has 0 heterocycles. The van der Waals surface area contributed by atoms with Crippen molar-refractivity contribution < 1.29 is 9.50 Å². The number of likely N-dealkylation sites (N-methyl/N-ethyl adjacent to an activating group) is 1. The number of nitrogens with zero attached hydrogens (tertiary/aromatic N) is 1. The van der Waals surface area contributed by atoms with Crippen molar-refractivity contribution in [2.45, 2.75) is 6.54 Å². The molecule has 0 aliphatic rings. The van der Waals surface area contributed by atoms with Crippen LogP contribution in [-0.4, -0.2) is 30.2 Å². The molecule has 1 aromatic carbocycles. The summed E-state index contributed by atoms with van der Waals surface area (Å²) in [7, 11) is 1.82. The average Bonchev–Trinajstić information content (AvgIpc) is 2.12. The van der Waals surface area contributed by atoms with E-state index in [4.69, 9.17) is 16.7 Å². The van der Waals surface area contributed by atoms with E-state index in [0.717, 1.165) is 0 Å². The van der Waals surface area contributed by atoms with Gasteiger partial charge in [0.15, 0.2) is 0 Å². The van der Waals surface area contributed by atoms with Crippen molar-refractivity contribution in [3.8, 4) is 0 Å². The van der Waals surface area contributed by atoms with E-state index in [1.807, 2.05) is 11.9 Å². The van der Waals surface area contributed by atoms with Crippen molar-refractivity contribution in [1.29, 1.82) is 0 Å². The molecule has 0 saturated carbocycles. The van der Waals surface area contributed by atoms with Crippen LogP contribution in [0.2, 0.25) is 5.02 Å². The number of benzene rings is 1. The molecule has 2 nitrogen and oxygen atoms in total. The van der Waals surface area contributed by atoms with Gasteiger partial charge in [0.25, 0.3) is 0 Å². The summed E-state index contributed by atoms with van der Waals surface area (Å²) < 4.78 is 13.2. The first-order valence-corrected chi connectivity index (χ1v) is 4.74. The van der Waals surface area contributed by atoms with Gasteiger partial charge in [-0.05, 0) is 25.2 Å². The van der Waals surface area contributed by atoms with Crippen LogP contribution >= 0.6 is 11.6 Å². The first-order chi connectivity index (χ1) is 6.63. The number of rotatable bonds is 4. The second-order valence-corrected chi connectivity index (χ2v) is 3.63. The normalized spacial score (nSPS) is 10.9. The zero-order chi connectivity index (χ0) is 10.6. The van der Waals surface area contributed by atoms with Crippen molar-refractivity contribution in [3.63, 3.8) is 0 Å². The number of hydrogen-bond donors (Lipinski definition) is 1. The van der Waals surface area contributed by atoms with Gasteiger partial charge in [0, 0.05) is 23.7 Å². The van der Waals surface area contributed by atoms with Gasteiger partial charge in [0.2, 0.25) is 0 Å². The van der Waals surface area contributed by atoms with Crippen molar-refractivity contribution in [3.05, 3.63) is 34.6 Å². The van der Waals surface area contributed by atoms with Crippen LogP contribution in [0.3, 0.4) is 0 Å². The van der Waals surface area contributed by atoms with Crippen LogP contribution in [0, 0.1) is 5.82 Å². The summed E-state index contributed by atoms with van der Waals surface area (Å²) in [5.41, 5.74) is 0.549. The summed E-state index contributed by atoms with van der Waals surface area (Å²) in [6, 6.07) is 4.47. The van der Waals surface area contributed by atoms with E-state index in [-0.39, 0.29) is 12.4 Å². The fraction of sp³-hybridized carbons (Fsp3) is 0.400. The zero-order valence-electron chi connectivity index (χ0n) is 8.00. The third-order valence-corrected chi connectivity index (χ3v) is 2.16. The molecule has 0 amide bonds. The second-order valence-electron chi connectivity index (χ2n) is 3.20. The molecule has 1 rings (SSSR count). The standard InChI is InChI=1S/C10H13ClFNO/c1-13(4-5-14)7-8-6-9(11)2-3-10(8)12/h2-3,6,14H,4-5,7H2,1H3. The van der Waals surface area contributed by atoms with Gasteiger partial charge in [-0.15, -0.1) is 0 Å². The third kappa shape index (κ3) is 3.25. The number of aliphatic hydroxyl groups is 1. The van der Waals surface area contributed by atoms with Crippen molar-refractivity contribution in [2.24, 2.45) is 0 Å². The molecule has 0 fully saturated rings. The van der Waals surface area contributed by atoms with E-state index in [2.05, 4.69) is 0 Å². The highest BCUT2D eigenvalue weighted by Gasteiger charge is 2.05. The SMILES string of the molecule is CN(CCO)Cc1cc(Cl)ccc1F. The van der Waals surface area contributed by atoms with Gasteiger partial charge < -0.3 is 5.11 Å². The minimum Gasteiger partial charge on any atom is -0.395 e. The van der Waals surface area contributed by atoms with E-state index in [0.29, 0.717) is 23.7 Å². The summed E-state index contributed by atoms with van der Waals surface area (Å²) in [6.45, 7) is 1.04. The Morgan fingerprint density at radius 1 is 1.50 bits per heavy atom. The lowest BCUT2D eigenvalue weighted by molar-refractivity contribution is 0.216. The maximum atomic E-state index is 13.2. The van der Waals surface area contributed by atoms with Crippen LogP contribution < -0.4 is 0 Å². The van der Waals surface area contributed by atoms with Gasteiger partial charge in [-0.1, -0.05) is 11.6 Å². The van der Waals surface area contributed by atoms with Gasteiger partial charge in [-0.2, -0.15) is 0 Å². The average molecular weight is 218 g/mol. The number of hydrogen-bond acceptors (Lipinski definition) is 2. The first kappa shape index (κ1) is 11.4. The summed E-state index contributed by atoms with van der Waals surface area (Å²) in [5.74, 6) is -0.265. The Balaban J connectivity index is 2.70. The van der Waals surface area contributed by atoms with Crippen molar-refractivity contribution >= 4 is 11.6 Å². The monoisotopic (exact) mass is 217 g/mol. The molecule has 0 aliphatic carbocycles. The molecule has 14 heavy (non-hydrogen) atoms. The highest BCUT2D eigenvalue weighted by Crippen LogP contribution is 2.15. The van der Waals surface area contributed by atoms with Crippen LogP contribution in [0.5, 0.6) is 0 Å². The van der Waals surface area contributed by atoms with Gasteiger partial charge in [0.1, 0.15) is 5.82 Å². The Hall–Kier alpha value is -0.640. The number of aliphatic hydroxyl groups excluding tert-OH is 1. The molecule has 1 N–H and O–H groups in total. The molecule has 0 aliphatic heterocycles. The Morgan fingerprint density at radius 2 is 2.21 bits per heavy atom. The van der Waals surface area contributed by atoms with E-state index in [1.54, 1.807) is 6.07 Å². The fourth-order valence-electron chi connectivity index (χ4n) is 1.21. The minimum absolute atomic E-state index is 0.0681. The van der Waals surface area contributed by atoms with Gasteiger partial charge in [0.05, 0.1) is 6.61 Å².